The van der Waals surface area contributed by atoms with Gasteiger partial charge in [0.25, 0.3) is 0 Å². The van der Waals surface area contributed by atoms with Gasteiger partial charge in [0.15, 0.2) is 0 Å². The highest BCUT2D eigenvalue weighted by molar-refractivity contribution is 6.27. The van der Waals surface area contributed by atoms with Crippen LogP contribution in [0.25, 0.3) is 0 Å². The normalized spacial score (nSPS) is 8.43. The van der Waals surface area contributed by atoms with Crippen molar-refractivity contribution in [2.45, 2.75) is 13.8 Å². The third-order valence-electron chi connectivity index (χ3n) is 1.61. The van der Waals surface area contributed by atoms with Crippen LogP contribution < -0.4 is 0 Å². The maximum atomic E-state index is 9.10. The molecule has 1 rings (SSSR count). The summed E-state index contributed by atoms with van der Waals surface area (Å²) in [5.74, 6) is -3.65. The zero-order valence-corrected chi connectivity index (χ0v) is 8.02. The Hall–Kier alpha value is -1.84. The Balaban J connectivity index is 0.000000255. The first-order chi connectivity index (χ1) is 6.45. The maximum Gasteiger partial charge on any atom is 0.414 e. The molecule has 2 N–H and O–H groups in total. The van der Waals surface area contributed by atoms with E-state index in [0.29, 0.717) is 0 Å². The van der Waals surface area contributed by atoms with Crippen molar-refractivity contribution in [3.05, 3.63) is 35.4 Å². The van der Waals surface area contributed by atoms with E-state index in [0.717, 1.165) is 0 Å². The zero-order valence-electron chi connectivity index (χ0n) is 8.02. The monoisotopic (exact) mass is 196 g/mol. The molecule has 0 amide bonds. The van der Waals surface area contributed by atoms with Gasteiger partial charge in [-0.3, -0.25) is 0 Å². The molecular formula is C10H12O4. The fraction of sp³-hybridized carbons (Fsp3) is 0.200. The maximum absolute atomic E-state index is 9.10. The molecule has 76 valence electrons. The second kappa shape index (κ2) is 5.75. The highest BCUT2D eigenvalue weighted by Gasteiger charge is 2.04. The average molecular weight is 196 g/mol. The average Bonchev–Trinajstić information content (AvgIpc) is 2.11. The second-order valence-corrected chi connectivity index (χ2v) is 2.69. The van der Waals surface area contributed by atoms with Crippen LogP contribution in [-0.4, -0.2) is 22.2 Å². The molecule has 4 heteroatoms. The van der Waals surface area contributed by atoms with Crippen LogP contribution in [0.3, 0.4) is 0 Å². The minimum Gasteiger partial charge on any atom is -0.473 e. The lowest BCUT2D eigenvalue weighted by molar-refractivity contribution is -0.159. The molecule has 0 saturated heterocycles. The predicted octanol–water partition coefficient (Wildman–Crippen LogP) is 1.46. The molecule has 0 aliphatic heterocycles. The zero-order chi connectivity index (χ0) is 11.1. The number of carboxylic acids is 2. The third kappa shape index (κ3) is 4.92. The number of benzene rings is 1. The summed E-state index contributed by atoms with van der Waals surface area (Å²) in [5, 5.41) is 14.8. The van der Waals surface area contributed by atoms with Crippen molar-refractivity contribution < 1.29 is 19.8 Å². The lowest BCUT2D eigenvalue weighted by atomic mass is 10.1. The quantitative estimate of drug-likeness (QED) is 0.616. The summed E-state index contributed by atoms with van der Waals surface area (Å²) in [7, 11) is 0. The van der Waals surface area contributed by atoms with E-state index in [4.69, 9.17) is 19.8 Å². The minimum absolute atomic E-state index is 1.37. The van der Waals surface area contributed by atoms with E-state index in [1.165, 1.54) is 11.1 Å². The van der Waals surface area contributed by atoms with Crippen LogP contribution in [0.15, 0.2) is 24.3 Å². The molecule has 0 radical (unpaired) electrons. The van der Waals surface area contributed by atoms with Gasteiger partial charge in [-0.1, -0.05) is 24.3 Å². The van der Waals surface area contributed by atoms with Crippen molar-refractivity contribution >= 4 is 11.9 Å². The van der Waals surface area contributed by atoms with Gasteiger partial charge in [0.2, 0.25) is 0 Å². The SMILES string of the molecule is Cc1ccccc1C.O=C(O)C(=O)O. The van der Waals surface area contributed by atoms with Gasteiger partial charge in [0.1, 0.15) is 0 Å². The largest absolute Gasteiger partial charge is 0.473 e. The number of carboxylic acid groups (broad SMARTS) is 2. The van der Waals surface area contributed by atoms with Crippen molar-refractivity contribution in [1.82, 2.24) is 0 Å². The molecule has 0 aliphatic carbocycles. The van der Waals surface area contributed by atoms with Crippen molar-refractivity contribution in [3.8, 4) is 0 Å². The number of hydrogen-bond donors (Lipinski definition) is 2. The van der Waals surface area contributed by atoms with Crippen LogP contribution in [0, 0.1) is 13.8 Å². The second-order valence-electron chi connectivity index (χ2n) is 2.69. The molecule has 4 nitrogen and oxygen atoms in total. The van der Waals surface area contributed by atoms with E-state index in [9.17, 15) is 0 Å². The lowest BCUT2D eigenvalue weighted by Gasteiger charge is -1.93. The molecule has 0 aromatic heterocycles. The van der Waals surface area contributed by atoms with E-state index in [-0.39, 0.29) is 0 Å². The number of rotatable bonds is 0. The summed E-state index contributed by atoms with van der Waals surface area (Å²) in [6, 6.07) is 8.36. The van der Waals surface area contributed by atoms with Crippen molar-refractivity contribution in [1.29, 1.82) is 0 Å². The summed E-state index contributed by atoms with van der Waals surface area (Å²) < 4.78 is 0. The van der Waals surface area contributed by atoms with Crippen LogP contribution in [0.1, 0.15) is 11.1 Å². The third-order valence-corrected chi connectivity index (χ3v) is 1.61. The van der Waals surface area contributed by atoms with E-state index in [1.54, 1.807) is 0 Å². The van der Waals surface area contributed by atoms with E-state index < -0.39 is 11.9 Å². The minimum atomic E-state index is -1.82. The Labute approximate surface area is 81.8 Å². The summed E-state index contributed by atoms with van der Waals surface area (Å²) >= 11 is 0. The van der Waals surface area contributed by atoms with Crippen LogP contribution >= 0.6 is 0 Å². The molecular weight excluding hydrogens is 184 g/mol. The fourth-order valence-corrected chi connectivity index (χ4v) is 0.663. The summed E-state index contributed by atoms with van der Waals surface area (Å²) in [4.78, 5) is 18.2. The van der Waals surface area contributed by atoms with Crippen LogP contribution in [-0.2, 0) is 9.59 Å². The van der Waals surface area contributed by atoms with Gasteiger partial charge < -0.3 is 10.2 Å². The first-order valence-corrected chi connectivity index (χ1v) is 3.93. The van der Waals surface area contributed by atoms with Gasteiger partial charge in [0, 0.05) is 0 Å². The summed E-state index contributed by atoms with van der Waals surface area (Å²) in [6.07, 6.45) is 0. The summed E-state index contributed by atoms with van der Waals surface area (Å²) in [6.45, 7) is 4.24. The number of aryl methyl sites for hydroxylation is 2. The lowest BCUT2D eigenvalue weighted by Crippen LogP contribution is -2.09. The molecule has 0 saturated carbocycles. The topological polar surface area (TPSA) is 74.6 Å². The first-order valence-electron chi connectivity index (χ1n) is 3.93. The molecule has 0 spiro atoms. The molecule has 14 heavy (non-hydrogen) atoms. The van der Waals surface area contributed by atoms with Gasteiger partial charge >= 0.3 is 11.9 Å². The Bertz CT molecular complexity index is 298. The van der Waals surface area contributed by atoms with Gasteiger partial charge in [-0.05, 0) is 25.0 Å². The Morgan fingerprint density at radius 1 is 0.929 bits per heavy atom. The number of aliphatic carboxylic acids is 2. The molecule has 0 bridgehead atoms. The first kappa shape index (κ1) is 12.2. The van der Waals surface area contributed by atoms with Crippen LogP contribution in [0.2, 0.25) is 0 Å². The molecule has 0 fully saturated rings. The van der Waals surface area contributed by atoms with Gasteiger partial charge in [-0.25, -0.2) is 9.59 Å². The predicted molar refractivity (Wildman–Crippen MR) is 51.2 cm³/mol. The van der Waals surface area contributed by atoms with E-state index in [1.807, 2.05) is 0 Å². The molecule has 1 aromatic carbocycles. The van der Waals surface area contributed by atoms with E-state index in [2.05, 4.69) is 38.1 Å². The van der Waals surface area contributed by atoms with Crippen molar-refractivity contribution in [3.63, 3.8) is 0 Å². The fourth-order valence-electron chi connectivity index (χ4n) is 0.663. The Morgan fingerprint density at radius 3 is 1.36 bits per heavy atom. The van der Waals surface area contributed by atoms with Gasteiger partial charge in [-0.15, -0.1) is 0 Å². The summed E-state index contributed by atoms with van der Waals surface area (Å²) in [5.41, 5.74) is 2.74. The standard InChI is InChI=1S/C8H10.C2H2O4/c1-7-5-3-4-6-8(7)2;3-1(4)2(5)6/h3-6H,1-2H3;(H,3,4)(H,5,6). The Kier molecular flexibility index (Phi) is 4.99. The highest BCUT2D eigenvalue weighted by atomic mass is 16.4. The Morgan fingerprint density at radius 2 is 1.21 bits per heavy atom. The smallest absolute Gasteiger partial charge is 0.414 e. The molecule has 1 aromatic rings. The highest BCUT2D eigenvalue weighted by Crippen LogP contribution is 2.02. The molecule has 0 unspecified atom stereocenters. The van der Waals surface area contributed by atoms with Crippen LogP contribution in [0.5, 0.6) is 0 Å². The number of carbonyl (C=O) groups is 2. The molecule has 0 atom stereocenters. The van der Waals surface area contributed by atoms with Gasteiger partial charge in [0.05, 0.1) is 0 Å². The van der Waals surface area contributed by atoms with Crippen molar-refractivity contribution in [2.24, 2.45) is 0 Å². The number of hydrogen-bond acceptors (Lipinski definition) is 2. The van der Waals surface area contributed by atoms with Crippen molar-refractivity contribution in [2.75, 3.05) is 0 Å². The molecule has 0 aliphatic rings. The van der Waals surface area contributed by atoms with E-state index >= 15 is 0 Å². The van der Waals surface area contributed by atoms with Crippen LogP contribution in [0.4, 0.5) is 0 Å². The molecule has 0 heterocycles. The van der Waals surface area contributed by atoms with Gasteiger partial charge in [-0.2, -0.15) is 0 Å².